The van der Waals surface area contributed by atoms with Gasteiger partial charge in [-0.05, 0) is 31.6 Å². The van der Waals surface area contributed by atoms with Gasteiger partial charge in [-0.1, -0.05) is 20.8 Å². The molecule has 82 valence electrons. The van der Waals surface area contributed by atoms with E-state index in [1.165, 1.54) is 12.8 Å². The topological polar surface area (TPSA) is 21.3 Å². The fourth-order valence-corrected chi connectivity index (χ4v) is 2.82. The number of rotatable bonds is 1. The molecule has 1 saturated heterocycles. The smallest absolute Gasteiger partial charge is 0.0779 e. The van der Waals surface area contributed by atoms with Gasteiger partial charge in [-0.3, -0.25) is 0 Å². The quantitative estimate of drug-likeness (QED) is 0.696. The Morgan fingerprint density at radius 1 is 1.36 bits per heavy atom. The molecule has 2 heteroatoms. The summed E-state index contributed by atoms with van der Waals surface area (Å²) in [6.07, 6.45) is 4.14. The minimum Gasteiger partial charge on any atom is -0.374 e. The normalized spacial score (nSPS) is 46.3. The number of nitrogens with one attached hydrogen (secondary N) is 1. The van der Waals surface area contributed by atoms with E-state index in [2.05, 4.69) is 33.0 Å². The average molecular weight is 197 g/mol. The molecule has 0 spiro atoms. The van der Waals surface area contributed by atoms with Gasteiger partial charge in [0, 0.05) is 11.6 Å². The van der Waals surface area contributed by atoms with Crippen molar-refractivity contribution in [3.05, 3.63) is 0 Å². The van der Waals surface area contributed by atoms with Gasteiger partial charge in [0.25, 0.3) is 0 Å². The van der Waals surface area contributed by atoms with E-state index in [0.717, 1.165) is 13.0 Å². The second-order valence-corrected chi connectivity index (χ2v) is 5.92. The molecule has 1 aliphatic carbocycles. The zero-order valence-electron chi connectivity index (χ0n) is 9.89. The summed E-state index contributed by atoms with van der Waals surface area (Å²) < 4.78 is 6.06. The molecule has 2 nitrogen and oxygen atoms in total. The fraction of sp³-hybridized carbons (Fsp3) is 1.00. The van der Waals surface area contributed by atoms with Crippen molar-refractivity contribution in [3.8, 4) is 0 Å². The van der Waals surface area contributed by atoms with Gasteiger partial charge in [0.15, 0.2) is 0 Å². The largest absolute Gasteiger partial charge is 0.374 e. The lowest BCUT2D eigenvalue weighted by molar-refractivity contribution is -0.0853. The second-order valence-electron chi connectivity index (χ2n) is 5.92. The third kappa shape index (κ3) is 1.59. The highest BCUT2D eigenvalue weighted by atomic mass is 16.5. The van der Waals surface area contributed by atoms with Crippen molar-refractivity contribution in [2.45, 2.75) is 64.6 Å². The molecule has 0 bridgehead atoms. The van der Waals surface area contributed by atoms with Crippen molar-refractivity contribution in [2.24, 2.45) is 5.41 Å². The minimum atomic E-state index is 0.210. The minimum absolute atomic E-state index is 0.210. The Kier molecular flexibility index (Phi) is 2.39. The van der Waals surface area contributed by atoms with Crippen LogP contribution in [0, 0.1) is 5.41 Å². The van der Waals surface area contributed by atoms with Gasteiger partial charge in [-0.2, -0.15) is 0 Å². The van der Waals surface area contributed by atoms with E-state index in [0.29, 0.717) is 17.6 Å². The van der Waals surface area contributed by atoms with E-state index >= 15 is 0 Å². The standard InChI is InChI=1S/C12H23NO/c1-5-12(4)8-14-10-9(13-12)6-7-11(10,2)3/h9-10,13H,5-8H2,1-4H3. The Morgan fingerprint density at radius 3 is 2.71 bits per heavy atom. The second kappa shape index (κ2) is 3.21. The summed E-state index contributed by atoms with van der Waals surface area (Å²) in [4.78, 5) is 0. The van der Waals surface area contributed by atoms with E-state index in [-0.39, 0.29) is 5.54 Å². The van der Waals surface area contributed by atoms with E-state index in [1.807, 2.05) is 0 Å². The van der Waals surface area contributed by atoms with E-state index in [4.69, 9.17) is 4.74 Å². The molecule has 0 amide bonds. The van der Waals surface area contributed by atoms with Gasteiger partial charge in [0.05, 0.1) is 12.7 Å². The Morgan fingerprint density at radius 2 is 2.07 bits per heavy atom. The van der Waals surface area contributed by atoms with Gasteiger partial charge in [-0.25, -0.2) is 0 Å². The zero-order valence-corrected chi connectivity index (χ0v) is 9.89. The van der Waals surface area contributed by atoms with Crippen LogP contribution in [0.5, 0.6) is 0 Å². The van der Waals surface area contributed by atoms with E-state index in [9.17, 15) is 0 Å². The molecular weight excluding hydrogens is 174 g/mol. The zero-order chi connectivity index (χ0) is 10.4. The highest BCUT2D eigenvalue weighted by Crippen LogP contribution is 2.42. The molecule has 0 radical (unpaired) electrons. The lowest BCUT2D eigenvalue weighted by Gasteiger charge is -2.44. The van der Waals surface area contributed by atoms with Crippen LogP contribution < -0.4 is 5.32 Å². The molecule has 3 unspecified atom stereocenters. The summed E-state index contributed by atoms with van der Waals surface area (Å²) in [5.41, 5.74) is 0.578. The Labute approximate surface area is 87.4 Å². The molecule has 2 fully saturated rings. The number of hydrogen-bond donors (Lipinski definition) is 1. The van der Waals surface area contributed by atoms with Crippen molar-refractivity contribution in [3.63, 3.8) is 0 Å². The maximum Gasteiger partial charge on any atom is 0.0779 e. The van der Waals surface area contributed by atoms with Gasteiger partial charge in [0.1, 0.15) is 0 Å². The van der Waals surface area contributed by atoms with Crippen LogP contribution >= 0.6 is 0 Å². The Hall–Kier alpha value is -0.0800. The van der Waals surface area contributed by atoms with Crippen LogP contribution in [0.1, 0.15) is 47.0 Å². The van der Waals surface area contributed by atoms with Crippen molar-refractivity contribution < 1.29 is 4.74 Å². The van der Waals surface area contributed by atoms with Gasteiger partial charge in [0.2, 0.25) is 0 Å². The van der Waals surface area contributed by atoms with Crippen LogP contribution in [0.2, 0.25) is 0 Å². The number of fused-ring (bicyclic) bond motifs is 1. The van der Waals surface area contributed by atoms with Crippen LogP contribution in [-0.2, 0) is 4.74 Å². The highest BCUT2D eigenvalue weighted by Gasteiger charge is 2.48. The SMILES string of the molecule is CCC1(C)COC2C(CCC2(C)C)N1. The molecule has 1 N–H and O–H groups in total. The van der Waals surface area contributed by atoms with Crippen LogP contribution in [-0.4, -0.2) is 24.3 Å². The summed E-state index contributed by atoms with van der Waals surface area (Å²) in [6, 6.07) is 0.587. The molecule has 0 aromatic carbocycles. The summed E-state index contributed by atoms with van der Waals surface area (Å²) in [7, 11) is 0. The first-order valence-corrected chi connectivity index (χ1v) is 5.86. The highest BCUT2D eigenvalue weighted by molar-refractivity contribution is 5.03. The van der Waals surface area contributed by atoms with E-state index in [1.54, 1.807) is 0 Å². The van der Waals surface area contributed by atoms with E-state index < -0.39 is 0 Å². The van der Waals surface area contributed by atoms with Gasteiger partial charge >= 0.3 is 0 Å². The molecule has 1 saturated carbocycles. The maximum absolute atomic E-state index is 6.06. The van der Waals surface area contributed by atoms with Crippen molar-refractivity contribution in [1.82, 2.24) is 5.32 Å². The first kappa shape index (κ1) is 10.4. The molecule has 2 aliphatic rings. The van der Waals surface area contributed by atoms with Crippen LogP contribution in [0.15, 0.2) is 0 Å². The predicted octanol–water partition coefficient (Wildman–Crippen LogP) is 2.33. The molecule has 1 aliphatic heterocycles. The third-order valence-electron chi connectivity index (χ3n) is 4.13. The third-order valence-corrected chi connectivity index (χ3v) is 4.13. The first-order valence-electron chi connectivity index (χ1n) is 5.86. The van der Waals surface area contributed by atoms with Crippen LogP contribution in [0.25, 0.3) is 0 Å². The van der Waals surface area contributed by atoms with Crippen LogP contribution in [0.3, 0.4) is 0 Å². The monoisotopic (exact) mass is 197 g/mol. The molecule has 3 atom stereocenters. The molecule has 0 aromatic rings. The molecular formula is C12H23NO. The lowest BCUT2D eigenvalue weighted by atomic mass is 9.86. The Balaban J connectivity index is 2.08. The number of morpholine rings is 1. The van der Waals surface area contributed by atoms with Crippen molar-refractivity contribution >= 4 is 0 Å². The number of hydrogen-bond acceptors (Lipinski definition) is 2. The molecule has 2 rings (SSSR count). The predicted molar refractivity (Wildman–Crippen MR) is 58.4 cm³/mol. The lowest BCUT2D eigenvalue weighted by Crippen LogP contribution is -2.60. The summed E-state index contributed by atoms with van der Waals surface area (Å²) in [6.45, 7) is 10.0. The molecule has 14 heavy (non-hydrogen) atoms. The summed E-state index contributed by atoms with van der Waals surface area (Å²) in [5, 5.41) is 3.77. The summed E-state index contributed by atoms with van der Waals surface area (Å²) >= 11 is 0. The molecule has 0 aromatic heterocycles. The fourth-order valence-electron chi connectivity index (χ4n) is 2.82. The van der Waals surface area contributed by atoms with Gasteiger partial charge < -0.3 is 10.1 Å². The van der Waals surface area contributed by atoms with Crippen molar-refractivity contribution in [2.75, 3.05) is 6.61 Å². The first-order chi connectivity index (χ1) is 6.47. The number of ether oxygens (including phenoxy) is 1. The van der Waals surface area contributed by atoms with Gasteiger partial charge in [-0.15, -0.1) is 0 Å². The average Bonchev–Trinajstić information content (AvgIpc) is 2.42. The van der Waals surface area contributed by atoms with Crippen molar-refractivity contribution in [1.29, 1.82) is 0 Å². The maximum atomic E-state index is 6.06. The Bertz CT molecular complexity index is 226. The molecule has 1 heterocycles. The summed E-state index contributed by atoms with van der Waals surface area (Å²) in [5.74, 6) is 0. The van der Waals surface area contributed by atoms with Crippen LogP contribution in [0.4, 0.5) is 0 Å².